The van der Waals surface area contributed by atoms with Crippen LogP contribution in [0.25, 0.3) is 0 Å². The van der Waals surface area contributed by atoms with Gasteiger partial charge in [-0.1, -0.05) is 44.2 Å². The number of hydrogen-bond donors (Lipinski definition) is 1. The highest BCUT2D eigenvalue weighted by Gasteiger charge is 2.37. The lowest BCUT2D eigenvalue weighted by molar-refractivity contribution is 0.0916. The van der Waals surface area contributed by atoms with Crippen molar-refractivity contribution in [2.75, 3.05) is 6.61 Å². The lowest BCUT2D eigenvalue weighted by Crippen LogP contribution is -2.43. The van der Waals surface area contributed by atoms with Crippen LogP contribution in [0.1, 0.15) is 34.1 Å². The fourth-order valence-corrected chi connectivity index (χ4v) is 14.6. The zero-order valence-corrected chi connectivity index (χ0v) is 17.9. The molecule has 0 radical (unpaired) electrons. The second kappa shape index (κ2) is 8.84. The van der Waals surface area contributed by atoms with Gasteiger partial charge in [0.15, 0.2) is 0 Å². The van der Waals surface area contributed by atoms with E-state index in [1.807, 2.05) is 0 Å². The first-order valence-electron chi connectivity index (χ1n) is 7.57. The summed E-state index contributed by atoms with van der Waals surface area (Å²) in [6, 6.07) is 1.17. The van der Waals surface area contributed by atoms with Crippen LogP contribution in [0.2, 0.25) is 29.5 Å². The molecule has 6 heteroatoms. The van der Waals surface area contributed by atoms with Gasteiger partial charge in [0.2, 0.25) is 0 Å². The van der Waals surface area contributed by atoms with Crippen molar-refractivity contribution >= 4 is 33.3 Å². The van der Waals surface area contributed by atoms with Gasteiger partial charge in [-0.15, -0.1) is 5.70 Å². The Labute approximate surface area is 129 Å². The molecule has 0 aliphatic rings. The third kappa shape index (κ3) is 8.06. The molecule has 0 unspecified atom stereocenters. The van der Waals surface area contributed by atoms with E-state index in [0.29, 0.717) is 11.3 Å². The van der Waals surface area contributed by atoms with Crippen LogP contribution in [-0.4, -0.2) is 45.0 Å². The van der Waals surface area contributed by atoms with Crippen molar-refractivity contribution in [3.05, 3.63) is 11.3 Å². The van der Waals surface area contributed by atoms with Crippen LogP contribution in [0.5, 0.6) is 0 Å². The van der Waals surface area contributed by atoms with Gasteiger partial charge in [0.25, 0.3) is 0 Å². The molecular formula is C14H32O3Si3. The van der Waals surface area contributed by atoms with Crippen molar-refractivity contribution in [2.45, 2.75) is 63.6 Å². The molecule has 0 aliphatic carbocycles. The molecule has 0 amide bonds. The van der Waals surface area contributed by atoms with Gasteiger partial charge in [-0.3, -0.25) is 0 Å². The molecule has 0 rings (SSSR count). The number of rotatable bonds is 9. The predicted molar refractivity (Wildman–Crippen MR) is 96.2 cm³/mol. The molecule has 20 heavy (non-hydrogen) atoms. The first-order valence-corrected chi connectivity index (χ1v) is 14.3. The van der Waals surface area contributed by atoms with Crippen LogP contribution in [0.3, 0.4) is 0 Å². The summed E-state index contributed by atoms with van der Waals surface area (Å²) >= 11 is 0. The van der Waals surface area contributed by atoms with Gasteiger partial charge in [0.05, 0.1) is 6.61 Å². The van der Waals surface area contributed by atoms with E-state index in [1.54, 1.807) is 0 Å². The molecule has 0 aromatic heterocycles. The van der Waals surface area contributed by atoms with Crippen molar-refractivity contribution in [1.29, 1.82) is 0 Å². The van der Waals surface area contributed by atoms with Crippen molar-refractivity contribution in [1.82, 2.24) is 0 Å². The topological polar surface area (TPSA) is 46.5 Å². The van der Waals surface area contributed by atoms with Crippen LogP contribution < -0.4 is 0 Å². The standard InChI is InChI=1S/C14H32O3Si3/c1-12(2)10-18-11-19-14(3,4)20(5,6)9-7-8-17-13(15)16/h10H,7-9,11,18-19H2,1-6H3,(H,15,16). The summed E-state index contributed by atoms with van der Waals surface area (Å²) in [7, 11) is -1.31. The van der Waals surface area contributed by atoms with E-state index in [2.05, 4.69) is 51.2 Å². The second-order valence-corrected chi connectivity index (χ2v) is 19.6. The van der Waals surface area contributed by atoms with Gasteiger partial charge in [-0.2, -0.15) is 0 Å². The second-order valence-electron chi connectivity index (χ2n) is 7.16. The predicted octanol–water partition coefficient (Wildman–Crippen LogP) is 3.15. The summed E-state index contributed by atoms with van der Waals surface area (Å²) in [5, 5.41) is 8.49. The summed E-state index contributed by atoms with van der Waals surface area (Å²) in [5.74, 6) is 0. The molecular weight excluding hydrogens is 300 g/mol. The zero-order chi connectivity index (χ0) is 15.8. The lowest BCUT2D eigenvalue weighted by Gasteiger charge is -2.40. The fourth-order valence-electron chi connectivity index (χ4n) is 2.29. The quantitative estimate of drug-likeness (QED) is 0.401. The van der Waals surface area contributed by atoms with Crippen molar-refractivity contribution in [2.24, 2.45) is 0 Å². The minimum absolute atomic E-state index is 0.0112. The Bertz CT molecular complexity index is 335. The highest BCUT2D eigenvalue weighted by atomic mass is 28.4. The molecule has 0 fully saturated rings. The lowest BCUT2D eigenvalue weighted by atomic mass is 10.4. The van der Waals surface area contributed by atoms with E-state index >= 15 is 0 Å². The van der Waals surface area contributed by atoms with E-state index in [9.17, 15) is 4.79 Å². The minimum Gasteiger partial charge on any atom is -0.450 e. The Morgan fingerprint density at radius 2 is 1.95 bits per heavy atom. The highest BCUT2D eigenvalue weighted by Crippen LogP contribution is 2.39. The molecule has 0 aromatic rings. The van der Waals surface area contributed by atoms with Gasteiger partial charge in [-0.25, -0.2) is 4.79 Å². The van der Waals surface area contributed by atoms with E-state index in [-0.39, 0.29) is 19.0 Å². The van der Waals surface area contributed by atoms with E-state index < -0.39 is 14.2 Å². The van der Waals surface area contributed by atoms with Crippen LogP contribution >= 0.6 is 0 Å². The molecule has 3 nitrogen and oxygen atoms in total. The van der Waals surface area contributed by atoms with Crippen molar-refractivity contribution < 1.29 is 14.6 Å². The third-order valence-corrected chi connectivity index (χ3v) is 18.9. The normalized spacial score (nSPS) is 13.3. The summed E-state index contributed by atoms with van der Waals surface area (Å²) in [4.78, 5) is 10.3. The van der Waals surface area contributed by atoms with Crippen LogP contribution in [-0.2, 0) is 4.74 Å². The maximum atomic E-state index is 10.3. The van der Waals surface area contributed by atoms with Gasteiger partial charge in [-0.05, 0) is 24.9 Å². The first kappa shape index (κ1) is 19.7. The van der Waals surface area contributed by atoms with Gasteiger partial charge in [0.1, 0.15) is 0 Å². The van der Waals surface area contributed by atoms with E-state index in [0.717, 1.165) is 6.42 Å². The number of ether oxygens (including phenoxy) is 1. The maximum absolute atomic E-state index is 10.3. The molecule has 0 spiro atoms. The van der Waals surface area contributed by atoms with Crippen molar-refractivity contribution in [3.63, 3.8) is 0 Å². The first-order chi connectivity index (χ1) is 9.08. The monoisotopic (exact) mass is 332 g/mol. The molecule has 0 bridgehead atoms. The summed E-state index contributed by atoms with van der Waals surface area (Å²) in [6.45, 7) is 14.6. The minimum atomic E-state index is -1.29. The number of hydrogen-bond acceptors (Lipinski definition) is 2. The molecule has 0 saturated carbocycles. The van der Waals surface area contributed by atoms with Crippen LogP contribution in [0, 0.1) is 0 Å². The van der Waals surface area contributed by atoms with Gasteiger partial charge in [0, 0.05) is 27.1 Å². The Morgan fingerprint density at radius 1 is 1.35 bits per heavy atom. The number of carboxylic acid groups (broad SMARTS) is 1. The largest absolute Gasteiger partial charge is 0.505 e. The summed E-state index contributed by atoms with van der Waals surface area (Å²) < 4.78 is 5.18. The average Bonchev–Trinajstić information content (AvgIpc) is 2.29. The van der Waals surface area contributed by atoms with Gasteiger partial charge < -0.3 is 9.84 Å². The van der Waals surface area contributed by atoms with Crippen molar-refractivity contribution in [3.8, 4) is 0 Å². The summed E-state index contributed by atoms with van der Waals surface area (Å²) in [5.41, 5.74) is 5.48. The molecule has 0 aliphatic heterocycles. The van der Waals surface area contributed by atoms with Gasteiger partial charge >= 0.3 is 6.16 Å². The molecule has 0 aromatic carbocycles. The zero-order valence-electron chi connectivity index (χ0n) is 14.1. The molecule has 0 saturated heterocycles. The number of carbonyl (C=O) groups is 1. The van der Waals surface area contributed by atoms with E-state index in [4.69, 9.17) is 5.11 Å². The fraction of sp³-hybridized carbons (Fsp3) is 0.786. The smallest absolute Gasteiger partial charge is 0.450 e. The molecule has 0 atom stereocenters. The Hall–Kier alpha value is -0.339. The van der Waals surface area contributed by atoms with Crippen LogP contribution in [0.4, 0.5) is 4.79 Å². The molecule has 118 valence electrons. The Kier molecular flexibility index (Phi) is 8.69. The SMILES string of the molecule is CC(C)=C[SiH2]C[SiH2]C(C)(C)[Si](C)(C)CCCOC(=O)O. The van der Waals surface area contributed by atoms with E-state index in [1.165, 1.54) is 17.3 Å². The average molecular weight is 333 g/mol. The third-order valence-electron chi connectivity index (χ3n) is 4.56. The van der Waals surface area contributed by atoms with Crippen LogP contribution in [0.15, 0.2) is 11.3 Å². The number of allylic oxidation sites excluding steroid dienone is 1. The maximum Gasteiger partial charge on any atom is 0.505 e. The molecule has 0 heterocycles. The highest BCUT2D eigenvalue weighted by molar-refractivity contribution is 6.89. The summed E-state index contributed by atoms with van der Waals surface area (Å²) in [6.07, 6.45) is -0.264. The molecule has 1 N–H and O–H groups in total. The Balaban J connectivity index is 4.19. The Morgan fingerprint density at radius 3 is 2.45 bits per heavy atom.